The van der Waals surface area contributed by atoms with E-state index in [2.05, 4.69) is 33.8 Å². The molecule has 0 aromatic rings. The van der Waals surface area contributed by atoms with Crippen molar-refractivity contribution in [3.63, 3.8) is 0 Å². The van der Waals surface area contributed by atoms with Crippen LogP contribution in [0, 0.1) is 23.2 Å². The molecule has 0 N–H and O–H groups in total. The second-order valence-electron chi connectivity index (χ2n) is 6.44. The highest BCUT2D eigenvalue weighted by molar-refractivity contribution is 5.44. The number of allylic oxidation sites excluding steroid dienone is 2. The lowest BCUT2D eigenvalue weighted by Gasteiger charge is -2.45. The molecule has 0 bridgehead atoms. The van der Waals surface area contributed by atoms with E-state index in [0.717, 1.165) is 24.0 Å². The quantitative estimate of drug-likeness (QED) is 0.443. The zero-order valence-electron chi connectivity index (χ0n) is 12.1. The van der Waals surface area contributed by atoms with Crippen LogP contribution in [0.5, 0.6) is 0 Å². The molecule has 0 aliphatic heterocycles. The standard InChI is InChI=1S/C14H24.C2H4O/c1-10-8-12-6-5-7-14(3,4)13(12)9-11(10)2;1-2-3/h8,10-11,13H,5-7,9H2,1-4H3;2H,1H3. The molecule has 1 nitrogen and oxygen atoms in total. The van der Waals surface area contributed by atoms with Crippen LogP contribution in [0.2, 0.25) is 0 Å². The van der Waals surface area contributed by atoms with Gasteiger partial charge in [0.25, 0.3) is 0 Å². The van der Waals surface area contributed by atoms with Gasteiger partial charge in [0.1, 0.15) is 6.29 Å². The van der Waals surface area contributed by atoms with Crippen LogP contribution in [-0.2, 0) is 4.79 Å². The van der Waals surface area contributed by atoms with E-state index >= 15 is 0 Å². The third-order valence-corrected chi connectivity index (χ3v) is 4.66. The Hall–Kier alpha value is -0.590. The summed E-state index contributed by atoms with van der Waals surface area (Å²) in [6, 6.07) is 0. The van der Waals surface area contributed by atoms with Gasteiger partial charge in [0.2, 0.25) is 0 Å². The highest BCUT2D eigenvalue weighted by atomic mass is 16.1. The van der Waals surface area contributed by atoms with Crippen molar-refractivity contribution < 1.29 is 4.79 Å². The van der Waals surface area contributed by atoms with Crippen LogP contribution in [0.3, 0.4) is 0 Å². The number of hydrogen-bond donors (Lipinski definition) is 0. The summed E-state index contributed by atoms with van der Waals surface area (Å²) in [5.74, 6) is 2.60. The van der Waals surface area contributed by atoms with Crippen LogP contribution in [0.25, 0.3) is 0 Å². The maximum atomic E-state index is 8.81. The van der Waals surface area contributed by atoms with E-state index in [-0.39, 0.29) is 0 Å². The largest absolute Gasteiger partial charge is 0.304 e. The van der Waals surface area contributed by atoms with Crippen molar-refractivity contribution in [2.45, 2.75) is 60.3 Å². The molecule has 0 radical (unpaired) electrons. The maximum Gasteiger partial charge on any atom is 0.116 e. The van der Waals surface area contributed by atoms with Crippen molar-refractivity contribution in [2.24, 2.45) is 23.2 Å². The zero-order valence-corrected chi connectivity index (χ0v) is 12.1. The SMILES string of the molecule is CC1C=C2CCCC(C)(C)C2CC1C.CC=O. The average Bonchev–Trinajstić information content (AvgIpc) is 2.22. The van der Waals surface area contributed by atoms with Crippen molar-refractivity contribution in [1.29, 1.82) is 0 Å². The monoisotopic (exact) mass is 236 g/mol. The topological polar surface area (TPSA) is 17.1 Å². The van der Waals surface area contributed by atoms with Gasteiger partial charge in [-0.3, -0.25) is 0 Å². The molecule has 0 spiro atoms. The third kappa shape index (κ3) is 3.43. The molecule has 0 aromatic heterocycles. The predicted molar refractivity (Wildman–Crippen MR) is 73.9 cm³/mol. The zero-order chi connectivity index (χ0) is 13.1. The highest BCUT2D eigenvalue weighted by Gasteiger charge is 2.38. The average molecular weight is 236 g/mol. The Kier molecular flexibility index (Phi) is 4.97. The maximum absolute atomic E-state index is 8.81. The minimum Gasteiger partial charge on any atom is -0.304 e. The minimum absolute atomic E-state index is 0.568. The van der Waals surface area contributed by atoms with Crippen LogP contribution in [0.1, 0.15) is 60.3 Å². The first-order chi connectivity index (χ1) is 7.92. The Morgan fingerprint density at radius 1 is 1.35 bits per heavy atom. The van der Waals surface area contributed by atoms with E-state index in [1.165, 1.54) is 32.6 Å². The predicted octanol–water partition coefficient (Wildman–Crippen LogP) is 4.62. The van der Waals surface area contributed by atoms with E-state index in [1.54, 1.807) is 5.57 Å². The number of rotatable bonds is 0. The fraction of sp³-hybridized carbons (Fsp3) is 0.812. The Balaban J connectivity index is 0.000000437. The summed E-state index contributed by atoms with van der Waals surface area (Å²) >= 11 is 0. The van der Waals surface area contributed by atoms with Gasteiger partial charge in [-0.15, -0.1) is 0 Å². The molecule has 3 atom stereocenters. The Bertz CT molecular complexity index is 288. The van der Waals surface area contributed by atoms with Gasteiger partial charge in [-0.05, 0) is 55.8 Å². The summed E-state index contributed by atoms with van der Waals surface area (Å²) in [5, 5.41) is 0. The molecule has 1 saturated carbocycles. The molecule has 0 saturated heterocycles. The summed E-state index contributed by atoms with van der Waals surface area (Å²) in [7, 11) is 0. The number of hydrogen-bond acceptors (Lipinski definition) is 1. The van der Waals surface area contributed by atoms with E-state index in [9.17, 15) is 0 Å². The van der Waals surface area contributed by atoms with E-state index in [4.69, 9.17) is 4.79 Å². The fourth-order valence-electron chi connectivity index (χ4n) is 3.36. The molecule has 0 heterocycles. The summed E-state index contributed by atoms with van der Waals surface area (Å²) in [6.07, 6.45) is 8.98. The third-order valence-electron chi connectivity index (χ3n) is 4.66. The summed E-state index contributed by atoms with van der Waals surface area (Å²) in [6.45, 7) is 11.2. The lowest BCUT2D eigenvalue weighted by molar-refractivity contribution is -0.106. The van der Waals surface area contributed by atoms with Crippen molar-refractivity contribution in [3.8, 4) is 0 Å². The van der Waals surface area contributed by atoms with Crippen LogP contribution >= 0.6 is 0 Å². The number of carbonyl (C=O) groups is 1. The van der Waals surface area contributed by atoms with Gasteiger partial charge < -0.3 is 4.79 Å². The molecule has 1 heteroatoms. The summed E-state index contributed by atoms with van der Waals surface area (Å²) in [5.41, 5.74) is 2.35. The normalized spacial score (nSPS) is 34.9. The molecule has 0 aromatic carbocycles. The van der Waals surface area contributed by atoms with E-state index < -0.39 is 0 Å². The number of aldehydes is 1. The molecule has 2 rings (SSSR count). The molecular formula is C16H28O. The van der Waals surface area contributed by atoms with Gasteiger partial charge in [0, 0.05) is 0 Å². The van der Waals surface area contributed by atoms with Gasteiger partial charge in [-0.25, -0.2) is 0 Å². The first-order valence-electron chi connectivity index (χ1n) is 7.02. The molecule has 98 valence electrons. The van der Waals surface area contributed by atoms with Crippen molar-refractivity contribution in [3.05, 3.63) is 11.6 Å². The molecule has 0 amide bonds. The second-order valence-corrected chi connectivity index (χ2v) is 6.44. The van der Waals surface area contributed by atoms with Crippen molar-refractivity contribution in [1.82, 2.24) is 0 Å². The Morgan fingerprint density at radius 2 is 1.94 bits per heavy atom. The smallest absolute Gasteiger partial charge is 0.116 e. The van der Waals surface area contributed by atoms with Crippen LogP contribution in [0.4, 0.5) is 0 Å². The molecule has 17 heavy (non-hydrogen) atoms. The lowest BCUT2D eigenvalue weighted by Crippen LogP contribution is -2.34. The Morgan fingerprint density at radius 3 is 2.53 bits per heavy atom. The molecule has 1 fully saturated rings. The Labute approximate surface area is 107 Å². The van der Waals surface area contributed by atoms with Crippen LogP contribution in [0.15, 0.2) is 11.6 Å². The molecule has 3 unspecified atom stereocenters. The number of fused-ring (bicyclic) bond motifs is 1. The van der Waals surface area contributed by atoms with Crippen molar-refractivity contribution in [2.75, 3.05) is 0 Å². The number of carbonyl (C=O) groups excluding carboxylic acids is 1. The molecule has 2 aliphatic carbocycles. The summed E-state index contributed by atoms with van der Waals surface area (Å²) in [4.78, 5) is 8.81. The first kappa shape index (κ1) is 14.5. The van der Waals surface area contributed by atoms with Crippen LogP contribution < -0.4 is 0 Å². The van der Waals surface area contributed by atoms with E-state index in [1.807, 2.05) is 0 Å². The molecular weight excluding hydrogens is 208 g/mol. The molecule has 2 aliphatic rings. The minimum atomic E-state index is 0.568. The van der Waals surface area contributed by atoms with Gasteiger partial charge in [-0.1, -0.05) is 39.3 Å². The first-order valence-corrected chi connectivity index (χ1v) is 7.02. The van der Waals surface area contributed by atoms with E-state index in [0.29, 0.717) is 5.41 Å². The van der Waals surface area contributed by atoms with Crippen LogP contribution in [-0.4, -0.2) is 6.29 Å². The van der Waals surface area contributed by atoms with Gasteiger partial charge >= 0.3 is 0 Å². The fourth-order valence-corrected chi connectivity index (χ4v) is 3.36. The van der Waals surface area contributed by atoms with Gasteiger partial charge in [0.15, 0.2) is 0 Å². The van der Waals surface area contributed by atoms with Crippen molar-refractivity contribution >= 4 is 6.29 Å². The highest BCUT2D eigenvalue weighted by Crippen LogP contribution is 2.50. The lowest BCUT2D eigenvalue weighted by atomic mass is 9.60. The van der Waals surface area contributed by atoms with Gasteiger partial charge in [0.05, 0.1) is 0 Å². The second kappa shape index (κ2) is 5.84. The summed E-state index contributed by atoms with van der Waals surface area (Å²) < 4.78 is 0. The van der Waals surface area contributed by atoms with Gasteiger partial charge in [-0.2, -0.15) is 0 Å².